The number of sulfone groups is 1. The highest BCUT2D eigenvalue weighted by Gasteiger charge is 2.22. The van der Waals surface area contributed by atoms with Gasteiger partial charge in [0.25, 0.3) is 5.91 Å². The lowest BCUT2D eigenvalue weighted by Gasteiger charge is -2.14. The van der Waals surface area contributed by atoms with E-state index in [0.717, 1.165) is 10.6 Å². The zero-order valence-electron chi connectivity index (χ0n) is 14.5. The van der Waals surface area contributed by atoms with Gasteiger partial charge in [-0.15, -0.1) is 0 Å². The van der Waals surface area contributed by atoms with Gasteiger partial charge < -0.3 is 5.32 Å². The molecule has 0 spiro atoms. The molecule has 0 heterocycles. The van der Waals surface area contributed by atoms with Crippen LogP contribution in [0.1, 0.15) is 10.4 Å². The molecular weight excluding hydrogens is 480 g/mol. The third kappa shape index (κ3) is 4.88. The number of hydrogen-bond acceptors (Lipinski definition) is 5. The van der Waals surface area contributed by atoms with Crippen LogP contribution in [-0.4, -0.2) is 47.4 Å². The van der Waals surface area contributed by atoms with Crippen molar-refractivity contribution in [2.45, 2.75) is 9.79 Å². The highest BCUT2D eigenvalue weighted by atomic mass is 79.9. The molecule has 0 aliphatic carbocycles. The molecule has 1 N–H and O–H groups in total. The zero-order chi connectivity index (χ0) is 20.6. The molecule has 0 radical (unpaired) electrons. The van der Waals surface area contributed by atoms with Crippen molar-refractivity contribution in [3.8, 4) is 0 Å². The average molecular weight is 496 g/mol. The van der Waals surface area contributed by atoms with Gasteiger partial charge in [0.15, 0.2) is 9.84 Å². The molecule has 2 rings (SSSR count). The Bertz CT molecular complexity index is 1120. The summed E-state index contributed by atoms with van der Waals surface area (Å²) in [7, 11) is -4.49. The van der Waals surface area contributed by atoms with Crippen LogP contribution in [0.3, 0.4) is 0 Å². The minimum absolute atomic E-state index is 0.00567. The highest BCUT2D eigenvalue weighted by Crippen LogP contribution is 2.28. The van der Waals surface area contributed by atoms with Gasteiger partial charge in [-0.2, -0.15) is 0 Å². The molecule has 0 aliphatic heterocycles. The molecule has 0 fully saturated rings. The van der Waals surface area contributed by atoms with Crippen LogP contribution in [0.2, 0.25) is 5.02 Å². The average Bonchev–Trinajstić information content (AvgIpc) is 2.55. The zero-order valence-corrected chi connectivity index (χ0v) is 18.5. The molecule has 27 heavy (non-hydrogen) atoms. The maximum atomic E-state index is 12.5. The van der Waals surface area contributed by atoms with Gasteiger partial charge in [-0.05, 0) is 52.3 Å². The van der Waals surface area contributed by atoms with Crippen LogP contribution in [0.25, 0.3) is 0 Å². The van der Waals surface area contributed by atoms with Gasteiger partial charge in [-0.1, -0.05) is 11.6 Å². The monoisotopic (exact) mass is 494 g/mol. The molecule has 2 aromatic rings. The van der Waals surface area contributed by atoms with Gasteiger partial charge in [0.2, 0.25) is 10.0 Å². The largest absolute Gasteiger partial charge is 0.321 e. The molecule has 1 amide bonds. The van der Waals surface area contributed by atoms with Crippen LogP contribution in [0.5, 0.6) is 0 Å². The van der Waals surface area contributed by atoms with Gasteiger partial charge in [0.1, 0.15) is 0 Å². The van der Waals surface area contributed by atoms with E-state index in [1.165, 1.54) is 50.5 Å². The second-order valence-electron chi connectivity index (χ2n) is 5.80. The molecule has 0 bridgehead atoms. The Hall–Kier alpha value is -1.46. The van der Waals surface area contributed by atoms with Crippen LogP contribution in [0.15, 0.2) is 50.7 Å². The molecule has 0 saturated heterocycles. The molecule has 2 aromatic carbocycles. The standard InChI is InChI=1S/C16H16BrClN2O5S2/c1-20(2)27(24,25)15-8-10(4-6-12(15)17)16(21)19-14-9-11(26(3,22)23)5-7-13(14)18/h4-9H,1-3H3,(H,19,21). The normalized spacial score (nSPS) is 12.2. The number of nitrogens with one attached hydrogen (secondary N) is 1. The molecule has 146 valence electrons. The van der Waals surface area contributed by atoms with E-state index in [2.05, 4.69) is 21.2 Å². The third-order valence-electron chi connectivity index (χ3n) is 3.57. The minimum Gasteiger partial charge on any atom is -0.321 e. The van der Waals surface area contributed by atoms with Gasteiger partial charge in [-0.3, -0.25) is 4.79 Å². The summed E-state index contributed by atoms with van der Waals surface area (Å²) in [6.45, 7) is 0. The van der Waals surface area contributed by atoms with E-state index in [-0.39, 0.29) is 26.1 Å². The minimum atomic E-state index is -3.77. The number of carbonyl (C=O) groups is 1. The Morgan fingerprint density at radius 3 is 2.26 bits per heavy atom. The van der Waals surface area contributed by atoms with E-state index in [4.69, 9.17) is 11.6 Å². The number of rotatable bonds is 5. The van der Waals surface area contributed by atoms with E-state index in [9.17, 15) is 21.6 Å². The Balaban J connectivity index is 2.44. The van der Waals surface area contributed by atoms with Crippen LogP contribution in [0, 0.1) is 0 Å². The lowest BCUT2D eigenvalue weighted by Crippen LogP contribution is -2.23. The SMILES string of the molecule is CN(C)S(=O)(=O)c1cc(C(=O)Nc2cc(S(C)(=O)=O)ccc2Cl)ccc1Br. The summed E-state index contributed by atoms with van der Waals surface area (Å²) in [4.78, 5) is 12.5. The molecule has 7 nitrogen and oxygen atoms in total. The molecule has 0 aromatic heterocycles. The first-order valence-corrected chi connectivity index (χ1v) is 11.9. The number of halogens is 2. The quantitative estimate of drug-likeness (QED) is 0.687. The van der Waals surface area contributed by atoms with Crippen LogP contribution in [-0.2, 0) is 19.9 Å². The van der Waals surface area contributed by atoms with Crippen molar-refractivity contribution in [1.82, 2.24) is 4.31 Å². The number of anilines is 1. The third-order valence-corrected chi connectivity index (χ3v) is 7.81. The summed E-state index contributed by atoms with van der Waals surface area (Å²) in [6.07, 6.45) is 1.04. The molecule has 0 aliphatic rings. The number of benzene rings is 2. The predicted molar refractivity (Wildman–Crippen MR) is 108 cm³/mol. The first-order chi connectivity index (χ1) is 12.3. The van der Waals surface area contributed by atoms with Gasteiger partial charge in [-0.25, -0.2) is 21.1 Å². The fourth-order valence-corrected chi connectivity index (χ4v) is 4.72. The van der Waals surface area contributed by atoms with Crippen molar-refractivity contribution < 1.29 is 21.6 Å². The maximum Gasteiger partial charge on any atom is 0.255 e. The number of carbonyl (C=O) groups excluding carboxylic acids is 1. The predicted octanol–water partition coefficient (Wildman–Crippen LogP) is 3.01. The number of nitrogens with zero attached hydrogens (tertiary/aromatic N) is 1. The van der Waals surface area contributed by atoms with E-state index in [1.807, 2.05) is 0 Å². The fraction of sp³-hybridized carbons (Fsp3) is 0.188. The van der Waals surface area contributed by atoms with E-state index >= 15 is 0 Å². The van der Waals surface area contributed by atoms with Crippen molar-refractivity contribution in [1.29, 1.82) is 0 Å². The van der Waals surface area contributed by atoms with Crippen molar-refractivity contribution in [2.75, 3.05) is 25.7 Å². The number of amides is 1. The van der Waals surface area contributed by atoms with Crippen LogP contribution in [0.4, 0.5) is 5.69 Å². The van der Waals surface area contributed by atoms with Gasteiger partial charge in [0.05, 0.1) is 20.5 Å². The van der Waals surface area contributed by atoms with E-state index in [1.54, 1.807) is 0 Å². The molecule has 0 atom stereocenters. The smallest absolute Gasteiger partial charge is 0.255 e. The second-order valence-corrected chi connectivity index (χ2v) is 11.2. The molecule has 0 unspecified atom stereocenters. The van der Waals surface area contributed by atoms with Crippen molar-refractivity contribution >= 4 is 59.0 Å². The summed E-state index contributed by atoms with van der Waals surface area (Å²) in [6, 6.07) is 8.03. The first-order valence-electron chi connectivity index (χ1n) is 7.37. The topological polar surface area (TPSA) is 101 Å². The Morgan fingerprint density at radius 1 is 1.07 bits per heavy atom. The Kier molecular flexibility index (Phi) is 6.37. The first kappa shape index (κ1) is 21.8. The Labute approximate surface area is 171 Å². The number of sulfonamides is 1. The van der Waals surface area contributed by atoms with Crippen LogP contribution < -0.4 is 5.32 Å². The summed E-state index contributed by atoms with van der Waals surface area (Å²) in [5, 5.41) is 2.65. The van der Waals surface area contributed by atoms with Gasteiger partial charge in [0, 0.05) is 30.4 Å². The molecular formula is C16H16BrClN2O5S2. The summed E-state index contributed by atoms with van der Waals surface area (Å²) in [5.74, 6) is -0.634. The second kappa shape index (κ2) is 7.88. The van der Waals surface area contributed by atoms with Gasteiger partial charge >= 0.3 is 0 Å². The summed E-state index contributed by atoms with van der Waals surface area (Å²) < 4.78 is 49.4. The van der Waals surface area contributed by atoms with E-state index < -0.39 is 25.8 Å². The van der Waals surface area contributed by atoms with Crippen molar-refractivity contribution in [3.05, 3.63) is 51.5 Å². The lowest BCUT2D eigenvalue weighted by molar-refractivity contribution is 0.102. The van der Waals surface area contributed by atoms with Crippen molar-refractivity contribution in [2.24, 2.45) is 0 Å². The number of hydrogen-bond donors (Lipinski definition) is 1. The van der Waals surface area contributed by atoms with E-state index in [0.29, 0.717) is 4.47 Å². The fourth-order valence-electron chi connectivity index (χ4n) is 2.06. The van der Waals surface area contributed by atoms with Crippen molar-refractivity contribution in [3.63, 3.8) is 0 Å². The summed E-state index contributed by atoms with van der Waals surface area (Å²) in [5.41, 5.74) is 0.170. The Morgan fingerprint density at radius 2 is 1.70 bits per heavy atom. The highest BCUT2D eigenvalue weighted by molar-refractivity contribution is 9.10. The summed E-state index contributed by atoms with van der Waals surface area (Å²) >= 11 is 9.20. The van der Waals surface area contributed by atoms with Crippen LogP contribution >= 0.6 is 27.5 Å². The molecule has 11 heteroatoms. The maximum absolute atomic E-state index is 12.5. The lowest BCUT2D eigenvalue weighted by atomic mass is 10.2. The molecule has 0 saturated carbocycles.